The summed E-state index contributed by atoms with van der Waals surface area (Å²) in [7, 11) is 1.60. The highest BCUT2D eigenvalue weighted by Crippen LogP contribution is 2.27. The number of benzene rings is 1. The van der Waals surface area contributed by atoms with Crippen LogP contribution in [0, 0.1) is 0 Å². The minimum absolute atomic E-state index is 0.614. The molecular formula is C8H9BrClNO. The van der Waals surface area contributed by atoms with E-state index in [-0.39, 0.29) is 0 Å². The molecule has 2 nitrogen and oxygen atoms in total. The van der Waals surface area contributed by atoms with E-state index in [1.165, 1.54) is 0 Å². The molecule has 0 fully saturated rings. The van der Waals surface area contributed by atoms with Crippen molar-refractivity contribution in [2.75, 3.05) is 17.9 Å². The maximum Gasteiger partial charge on any atom is 0.137 e. The molecule has 1 N–H and O–H groups in total. The number of nitrogens with one attached hydrogen (secondary N) is 1. The van der Waals surface area contributed by atoms with E-state index < -0.39 is 0 Å². The van der Waals surface area contributed by atoms with E-state index in [4.69, 9.17) is 16.3 Å². The predicted molar refractivity (Wildman–Crippen MR) is 55.4 cm³/mol. The summed E-state index contributed by atoms with van der Waals surface area (Å²) in [4.78, 5) is 0. The normalized spacial score (nSPS) is 9.58. The van der Waals surface area contributed by atoms with Crippen molar-refractivity contribution in [1.29, 1.82) is 0 Å². The molecule has 1 aromatic carbocycles. The van der Waals surface area contributed by atoms with Crippen LogP contribution >= 0.6 is 27.5 Å². The number of alkyl halides is 1. The Labute approximate surface area is 85.0 Å². The molecular weight excluding hydrogens is 241 g/mol. The fourth-order valence-corrected chi connectivity index (χ4v) is 1.43. The van der Waals surface area contributed by atoms with Crippen molar-refractivity contribution in [1.82, 2.24) is 0 Å². The van der Waals surface area contributed by atoms with Crippen LogP contribution in [0.4, 0.5) is 5.69 Å². The average Bonchev–Trinajstić information content (AvgIpc) is 2.05. The number of rotatable bonds is 3. The van der Waals surface area contributed by atoms with Crippen LogP contribution in [0.15, 0.2) is 18.2 Å². The molecule has 0 amide bonds. The lowest BCUT2D eigenvalue weighted by atomic mass is 10.3. The summed E-state index contributed by atoms with van der Waals surface area (Å²) in [5.41, 5.74) is 1.67. The molecule has 0 radical (unpaired) electrons. The van der Waals surface area contributed by atoms with Gasteiger partial charge in [0.15, 0.2) is 0 Å². The zero-order valence-electron chi connectivity index (χ0n) is 6.60. The monoisotopic (exact) mass is 249 g/mol. The van der Waals surface area contributed by atoms with Crippen molar-refractivity contribution in [3.63, 3.8) is 0 Å². The predicted octanol–water partition coefficient (Wildman–Crippen LogP) is 3.11. The lowest BCUT2D eigenvalue weighted by Crippen LogP contribution is -1.93. The van der Waals surface area contributed by atoms with Gasteiger partial charge in [-0.05, 0) is 18.2 Å². The third kappa shape index (κ3) is 2.29. The van der Waals surface area contributed by atoms with Crippen molar-refractivity contribution >= 4 is 33.2 Å². The molecule has 0 atom stereocenters. The Balaban J connectivity index is 2.86. The SMILES string of the molecule is COc1ccc(NCBr)cc1Cl. The molecule has 1 aromatic rings. The van der Waals surface area contributed by atoms with E-state index in [0.717, 1.165) is 5.69 Å². The molecule has 0 bridgehead atoms. The Morgan fingerprint density at radius 1 is 1.58 bits per heavy atom. The van der Waals surface area contributed by atoms with Crippen molar-refractivity contribution in [3.05, 3.63) is 23.2 Å². The van der Waals surface area contributed by atoms with Crippen LogP contribution in [-0.2, 0) is 0 Å². The van der Waals surface area contributed by atoms with Crippen LogP contribution in [0.3, 0.4) is 0 Å². The molecule has 0 aliphatic rings. The lowest BCUT2D eigenvalue weighted by molar-refractivity contribution is 0.415. The first-order chi connectivity index (χ1) is 5.77. The van der Waals surface area contributed by atoms with Gasteiger partial charge < -0.3 is 10.1 Å². The number of halogens is 2. The fraction of sp³-hybridized carbons (Fsp3) is 0.250. The van der Waals surface area contributed by atoms with Gasteiger partial charge in [-0.1, -0.05) is 27.5 Å². The number of anilines is 1. The summed E-state index contributed by atoms with van der Waals surface area (Å²) in [5, 5.41) is 3.69. The maximum absolute atomic E-state index is 5.88. The van der Waals surface area contributed by atoms with E-state index >= 15 is 0 Å². The second-order valence-corrected chi connectivity index (χ2v) is 3.13. The highest BCUT2D eigenvalue weighted by molar-refractivity contribution is 9.09. The number of hydrogen-bond acceptors (Lipinski definition) is 2. The van der Waals surface area contributed by atoms with Gasteiger partial charge in [0.2, 0.25) is 0 Å². The largest absolute Gasteiger partial charge is 0.495 e. The topological polar surface area (TPSA) is 21.3 Å². The Hall–Kier alpha value is -0.410. The van der Waals surface area contributed by atoms with Gasteiger partial charge in [-0.25, -0.2) is 0 Å². The average molecular weight is 251 g/mol. The molecule has 0 spiro atoms. The Bertz CT molecular complexity index is 267. The molecule has 1 rings (SSSR count). The highest BCUT2D eigenvalue weighted by Gasteiger charge is 1.99. The van der Waals surface area contributed by atoms with E-state index in [9.17, 15) is 0 Å². The van der Waals surface area contributed by atoms with Crippen LogP contribution in [0.5, 0.6) is 5.75 Å². The van der Waals surface area contributed by atoms with Crippen molar-refractivity contribution in [2.24, 2.45) is 0 Å². The second kappa shape index (κ2) is 4.58. The zero-order valence-corrected chi connectivity index (χ0v) is 8.95. The maximum atomic E-state index is 5.88. The van der Waals surface area contributed by atoms with E-state index in [1.807, 2.05) is 18.2 Å². The van der Waals surface area contributed by atoms with E-state index in [1.54, 1.807) is 7.11 Å². The molecule has 0 saturated carbocycles. The molecule has 12 heavy (non-hydrogen) atoms. The van der Waals surface area contributed by atoms with Crippen LogP contribution in [0.25, 0.3) is 0 Å². The van der Waals surface area contributed by atoms with Gasteiger partial charge in [-0.2, -0.15) is 0 Å². The van der Waals surface area contributed by atoms with Crippen LogP contribution in [0.2, 0.25) is 5.02 Å². The first-order valence-corrected chi connectivity index (χ1v) is 4.91. The molecule has 4 heteroatoms. The van der Waals surface area contributed by atoms with Gasteiger partial charge >= 0.3 is 0 Å². The Morgan fingerprint density at radius 3 is 2.83 bits per heavy atom. The van der Waals surface area contributed by atoms with Crippen LogP contribution < -0.4 is 10.1 Å². The summed E-state index contributed by atoms with van der Waals surface area (Å²) in [6.07, 6.45) is 0. The molecule has 0 unspecified atom stereocenters. The minimum atomic E-state index is 0.614. The van der Waals surface area contributed by atoms with Crippen molar-refractivity contribution in [2.45, 2.75) is 0 Å². The van der Waals surface area contributed by atoms with Gasteiger partial charge in [0.05, 0.1) is 17.6 Å². The third-order valence-electron chi connectivity index (χ3n) is 1.42. The fourth-order valence-electron chi connectivity index (χ4n) is 0.853. The van der Waals surface area contributed by atoms with Gasteiger partial charge in [0.25, 0.3) is 0 Å². The number of ether oxygens (including phenoxy) is 1. The first kappa shape index (κ1) is 9.68. The third-order valence-corrected chi connectivity index (χ3v) is 2.00. The molecule has 0 aromatic heterocycles. The Morgan fingerprint density at radius 2 is 2.33 bits per heavy atom. The molecule has 0 saturated heterocycles. The number of hydrogen-bond donors (Lipinski definition) is 1. The summed E-state index contributed by atoms with van der Waals surface area (Å²) >= 11 is 9.15. The lowest BCUT2D eigenvalue weighted by Gasteiger charge is -2.05. The first-order valence-electron chi connectivity index (χ1n) is 3.41. The zero-order chi connectivity index (χ0) is 8.97. The van der Waals surface area contributed by atoms with Crippen molar-refractivity contribution in [3.8, 4) is 5.75 Å². The molecule has 0 aliphatic heterocycles. The van der Waals surface area contributed by atoms with Gasteiger partial charge in [0.1, 0.15) is 5.75 Å². The van der Waals surface area contributed by atoms with E-state index in [0.29, 0.717) is 16.2 Å². The van der Waals surface area contributed by atoms with Gasteiger partial charge in [-0.15, -0.1) is 0 Å². The molecule has 0 heterocycles. The highest BCUT2D eigenvalue weighted by atomic mass is 79.9. The standard InChI is InChI=1S/C8H9BrClNO/c1-12-8-3-2-6(11-5-9)4-7(8)10/h2-4,11H,5H2,1H3. The number of methoxy groups -OCH3 is 1. The Kier molecular flexibility index (Phi) is 3.69. The minimum Gasteiger partial charge on any atom is -0.495 e. The van der Waals surface area contributed by atoms with Gasteiger partial charge in [-0.3, -0.25) is 0 Å². The smallest absolute Gasteiger partial charge is 0.137 e. The summed E-state index contributed by atoms with van der Waals surface area (Å²) in [5.74, 6) is 0.691. The summed E-state index contributed by atoms with van der Waals surface area (Å²) in [6, 6.07) is 5.56. The van der Waals surface area contributed by atoms with Gasteiger partial charge in [0, 0.05) is 5.69 Å². The molecule has 66 valence electrons. The molecule has 0 aliphatic carbocycles. The van der Waals surface area contributed by atoms with Crippen LogP contribution in [-0.4, -0.2) is 12.6 Å². The quantitative estimate of drug-likeness (QED) is 0.657. The summed E-state index contributed by atoms with van der Waals surface area (Å²) < 4.78 is 5.01. The van der Waals surface area contributed by atoms with Crippen LogP contribution in [0.1, 0.15) is 0 Å². The van der Waals surface area contributed by atoms with E-state index in [2.05, 4.69) is 21.2 Å². The van der Waals surface area contributed by atoms with Crippen molar-refractivity contribution < 1.29 is 4.74 Å². The second-order valence-electron chi connectivity index (χ2n) is 2.16. The summed E-state index contributed by atoms with van der Waals surface area (Å²) in [6.45, 7) is 0.